The molecule has 4 nitrogen and oxygen atoms in total. The lowest BCUT2D eigenvalue weighted by Crippen LogP contribution is -2.41. The minimum atomic E-state index is -0.478. The van der Waals surface area contributed by atoms with Gasteiger partial charge in [-0.05, 0) is 37.1 Å². The first-order chi connectivity index (χ1) is 8.56. The third kappa shape index (κ3) is 3.01. The number of rotatable bonds is 1. The van der Waals surface area contributed by atoms with Crippen molar-refractivity contribution in [3.8, 4) is 5.75 Å². The summed E-state index contributed by atoms with van der Waals surface area (Å²) in [6.07, 6.45) is 0.769. The normalized spacial score (nSPS) is 15.7. The first kappa shape index (κ1) is 12.9. The lowest BCUT2D eigenvalue weighted by Gasteiger charge is -2.25. The highest BCUT2D eigenvalue weighted by molar-refractivity contribution is 6.30. The van der Waals surface area contributed by atoms with Crippen LogP contribution in [0.25, 0.3) is 0 Å². The number of hydrogen-bond donors (Lipinski definition) is 0. The fourth-order valence-electron chi connectivity index (χ4n) is 1.88. The summed E-state index contributed by atoms with van der Waals surface area (Å²) in [5.74, 6) is 0.549. The van der Waals surface area contributed by atoms with E-state index in [1.54, 1.807) is 18.2 Å². The Labute approximate surface area is 110 Å². The quantitative estimate of drug-likeness (QED) is 0.786. The van der Waals surface area contributed by atoms with Gasteiger partial charge in [-0.25, -0.2) is 4.79 Å². The van der Waals surface area contributed by atoms with Crippen LogP contribution in [0.2, 0.25) is 5.02 Å². The van der Waals surface area contributed by atoms with Crippen molar-refractivity contribution in [2.75, 3.05) is 13.1 Å². The van der Waals surface area contributed by atoms with Crippen LogP contribution in [0, 0.1) is 6.92 Å². The standard InChI is InChI=1S/C13H14ClNO3/c1-9-7-10(14)4-5-12(9)18-13(17)15-6-2-3-11(16)8-15/h4-5,7H,2-3,6,8H2,1H3. The summed E-state index contributed by atoms with van der Waals surface area (Å²) in [5, 5.41) is 0.598. The summed E-state index contributed by atoms with van der Waals surface area (Å²) in [7, 11) is 0. The second-order valence-electron chi connectivity index (χ2n) is 4.34. The van der Waals surface area contributed by atoms with Gasteiger partial charge in [-0.3, -0.25) is 4.79 Å². The average Bonchev–Trinajstić information content (AvgIpc) is 2.32. The molecule has 2 rings (SSSR count). The highest BCUT2D eigenvalue weighted by atomic mass is 35.5. The molecule has 1 heterocycles. The molecule has 0 unspecified atom stereocenters. The molecule has 0 spiro atoms. The molecule has 18 heavy (non-hydrogen) atoms. The van der Waals surface area contributed by atoms with E-state index < -0.39 is 6.09 Å². The van der Waals surface area contributed by atoms with E-state index in [9.17, 15) is 9.59 Å². The number of aryl methyl sites for hydroxylation is 1. The minimum Gasteiger partial charge on any atom is -0.410 e. The molecule has 96 valence electrons. The Kier molecular flexibility index (Phi) is 3.87. The summed E-state index contributed by atoms with van der Waals surface area (Å²) >= 11 is 5.83. The zero-order chi connectivity index (χ0) is 13.1. The number of ketones is 1. The van der Waals surface area contributed by atoms with Crippen LogP contribution in [0.1, 0.15) is 18.4 Å². The van der Waals surface area contributed by atoms with Crippen LogP contribution in [0.15, 0.2) is 18.2 Å². The van der Waals surface area contributed by atoms with Crippen LogP contribution in [0.3, 0.4) is 0 Å². The van der Waals surface area contributed by atoms with Crippen molar-refractivity contribution in [1.29, 1.82) is 0 Å². The molecule has 1 aliphatic heterocycles. The SMILES string of the molecule is Cc1cc(Cl)ccc1OC(=O)N1CCCC(=O)C1. The first-order valence-electron chi connectivity index (χ1n) is 5.81. The first-order valence-corrected chi connectivity index (χ1v) is 6.18. The molecule has 0 aliphatic carbocycles. The smallest absolute Gasteiger partial charge is 0.410 e. The number of Topliss-reactive ketones (excluding diaryl/α,β-unsaturated/α-hetero) is 1. The van der Waals surface area contributed by atoms with E-state index in [1.165, 1.54) is 4.90 Å². The fourth-order valence-corrected chi connectivity index (χ4v) is 2.11. The predicted molar refractivity (Wildman–Crippen MR) is 68.0 cm³/mol. The summed E-state index contributed by atoms with van der Waals surface area (Å²) in [6, 6.07) is 5.05. The van der Waals surface area contributed by atoms with Crippen molar-refractivity contribution in [3.05, 3.63) is 28.8 Å². The second kappa shape index (κ2) is 5.40. The van der Waals surface area contributed by atoms with Crippen LogP contribution in [-0.4, -0.2) is 29.9 Å². The maximum absolute atomic E-state index is 11.9. The Morgan fingerprint density at radius 3 is 2.89 bits per heavy atom. The van der Waals surface area contributed by atoms with Crippen LogP contribution < -0.4 is 4.74 Å². The van der Waals surface area contributed by atoms with E-state index in [2.05, 4.69) is 0 Å². The number of carbonyl (C=O) groups is 2. The van der Waals surface area contributed by atoms with Gasteiger partial charge in [0.05, 0.1) is 6.54 Å². The molecule has 1 aromatic rings. The number of carbonyl (C=O) groups excluding carboxylic acids is 2. The molecule has 1 aromatic carbocycles. The molecule has 1 amide bonds. The summed E-state index contributed by atoms with van der Waals surface area (Å²) in [6.45, 7) is 2.53. The van der Waals surface area contributed by atoms with E-state index in [0.717, 1.165) is 5.56 Å². The van der Waals surface area contributed by atoms with Crippen molar-refractivity contribution in [2.24, 2.45) is 0 Å². The maximum atomic E-state index is 11.9. The van der Waals surface area contributed by atoms with Gasteiger partial charge in [0.15, 0.2) is 5.78 Å². The van der Waals surface area contributed by atoms with Crippen molar-refractivity contribution >= 4 is 23.5 Å². The number of hydrogen-bond acceptors (Lipinski definition) is 3. The number of amides is 1. The van der Waals surface area contributed by atoms with Gasteiger partial charge < -0.3 is 9.64 Å². The van der Waals surface area contributed by atoms with Gasteiger partial charge in [-0.2, -0.15) is 0 Å². The van der Waals surface area contributed by atoms with Gasteiger partial charge in [0.2, 0.25) is 0 Å². The van der Waals surface area contributed by atoms with Gasteiger partial charge in [0.25, 0.3) is 0 Å². The lowest BCUT2D eigenvalue weighted by molar-refractivity contribution is -0.121. The minimum absolute atomic E-state index is 0.0750. The Morgan fingerprint density at radius 2 is 2.22 bits per heavy atom. The van der Waals surface area contributed by atoms with Gasteiger partial charge >= 0.3 is 6.09 Å². The molecule has 5 heteroatoms. The Hall–Kier alpha value is -1.55. The molecular formula is C13H14ClNO3. The third-order valence-electron chi connectivity index (χ3n) is 2.84. The number of benzene rings is 1. The number of nitrogens with zero attached hydrogens (tertiary/aromatic N) is 1. The van der Waals surface area contributed by atoms with E-state index in [4.69, 9.17) is 16.3 Å². The average molecular weight is 268 g/mol. The summed E-state index contributed by atoms with van der Waals surface area (Å²) in [5.41, 5.74) is 0.791. The molecule has 1 fully saturated rings. The molecule has 0 radical (unpaired) electrons. The van der Waals surface area contributed by atoms with Crippen LogP contribution >= 0.6 is 11.6 Å². The van der Waals surface area contributed by atoms with E-state index in [0.29, 0.717) is 30.2 Å². The fraction of sp³-hybridized carbons (Fsp3) is 0.385. The zero-order valence-corrected chi connectivity index (χ0v) is 10.9. The van der Waals surface area contributed by atoms with Crippen molar-refractivity contribution < 1.29 is 14.3 Å². The molecule has 0 atom stereocenters. The van der Waals surface area contributed by atoms with E-state index >= 15 is 0 Å². The van der Waals surface area contributed by atoms with E-state index in [-0.39, 0.29) is 12.3 Å². The molecule has 0 bridgehead atoms. The van der Waals surface area contributed by atoms with Gasteiger partial charge in [-0.1, -0.05) is 11.6 Å². The maximum Gasteiger partial charge on any atom is 0.415 e. The molecule has 0 aromatic heterocycles. The number of piperidine rings is 1. The second-order valence-corrected chi connectivity index (χ2v) is 4.78. The van der Waals surface area contributed by atoms with Crippen molar-refractivity contribution in [1.82, 2.24) is 4.90 Å². The zero-order valence-electron chi connectivity index (χ0n) is 10.1. The van der Waals surface area contributed by atoms with Gasteiger partial charge in [0.1, 0.15) is 5.75 Å². The van der Waals surface area contributed by atoms with E-state index in [1.807, 2.05) is 6.92 Å². The van der Waals surface area contributed by atoms with Crippen LogP contribution in [0.4, 0.5) is 4.79 Å². The molecule has 0 N–H and O–H groups in total. The summed E-state index contributed by atoms with van der Waals surface area (Å²) in [4.78, 5) is 24.6. The highest BCUT2D eigenvalue weighted by Crippen LogP contribution is 2.22. The Bertz CT molecular complexity index is 487. The predicted octanol–water partition coefficient (Wildman–Crippen LogP) is 2.81. The van der Waals surface area contributed by atoms with Crippen LogP contribution in [-0.2, 0) is 4.79 Å². The number of ether oxygens (including phenoxy) is 1. The van der Waals surface area contributed by atoms with Gasteiger partial charge in [-0.15, -0.1) is 0 Å². The summed E-state index contributed by atoms with van der Waals surface area (Å²) < 4.78 is 5.26. The van der Waals surface area contributed by atoms with Crippen molar-refractivity contribution in [3.63, 3.8) is 0 Å². The lowest BCUT2D eigenvalue weighted by atomic mass is 10.1. The Morgan fingerprint density at radius 1 is 1.44 bits per heavy atom. The molecule has 0 saturated carbocycles. The topological polar surface area (TPSA) is 46.6 Å². The monoisotopic (exact) mass is 267 g/mol. The largest absolute Gasteiger partial charge is 0.415 e. The Balaban J connectivity index is 2.04. The molecular weight excluding hydrogens is 254 g/mol. The number of halogens is 1. The van der Waals surface area contributed by atoms with Crippen LogP contribution in [0.5, 0.6) is 5.75 Å². The van der Waals surface area contributed by atoms with Gasteiger partial charge in [0, 0.05) is 18.0 Å². The number of likely N-dealkylation sites (tertiary alicyclic amines) is 1. The third-order valence-corrected chi connectivity index (χ3v) is 3.08. The highest BCUT2D eigenvalue weighted by Gasteiger charge is 2.23. The molecule has 1 aliphatic rings. The van der Waals surface area contributed by atoms with Crippen molar-refractivity contribution in [2.45, 2.75) is 19.8 Å². The molecule has 1 saturated heterocycles.